The van der Waals surface area contributed by atoms with E-state index in [2.05, 4.69) is 15.9 Å². The molecule has 2 aromatic rings. The van der Waals surface area contributed by atoms with Crippen molar-refractivity contribution in [1.82, 2.24) is 0 Å². The molecule has 1 heterocycles. The lowest BCUT2D eigenvalue weighted by molar-refractivity contribution is 0.321. The molecule has 4 nitrogen and oxygen atoms in total. The summed E-state index contributed by atoms with van der Waals surface area (Å²) in [6.45, 7) is 0. The molecule has 0 aliphatic rings. The van der Waals surface area contributed by atoms with Gasteiger partial charge in [0.2, 0.25) is 5.75 Å². The van der Waals surface area contributed by atoms with Crippen molar-refractivity contribution in [2.75, 3.05) is 21.3 Å². The maximum absolute atomic E-state index is 6.34. The molecule has 1 atom stereocenters. The molecule has 0 saturated heterocycles. The van der Waals surface area contributed by atoms with Crippen LogP contribution < -0.4 is 19.9 Å². The van der Waals surface area contributed by atoms with Gasteiger partial charge in [0.25, 0.3) is 0 Å². The van der Waals surface area contributed by atoms with Crippen LogP contribution in [-0.2, 0) is 0 Å². The smallest absolute Gasteiger partial charge is 0.203 e. The number of halogens is 2. The second-order valence-electron chi connectivity index (χ2n) is 4.17. The van der Waals surface area contributed by atoms with Crippen LogP contribution >= 0.6 is 38.9 Å². The summed E-state index contributed by atoms with van der Waals surface area (Å²) in [6.07, 6.45) is 0. The van der Waals surface area contributed by atoms with Gasteiger partial charge in [-0.2, -0.15) is 0 Å². The fourth-order valence-electron chi connectivity index (χ4n) is 2.04. The number of methoxy groups -OCH3 is 3. The van der Waals surface area contributed by atoms with Crippen molar-refractivity contribution in [2.24, 2.45) is 5.73 Å². The number of hydrogen-bond acceptors (Lipinski definition) is 5. The lowest BCUT2D eigenvalue weighted by Crippen LogP contribution is -2.12. The molecule has 21 heavy (non-hydrogen) atoms. The Morgan fingerprint density at radius 2 is 1.81 bits per heavy atom. The molecule has 0 bridgehead atoms. The van der Waals surface area contributed by atoms with E-state index in [1.54, 1.807) is 27.4 Å². The molecular weight excluding hydrogens is 378 g/mol. The van der Waals surface area contributed by atoms with Crippen molar-refractivity contribution < 1.29 is 14.2 Å². The van der Waals surface area contributed by atoms with Crippen molar-refractivity contribution >= 4 is 38.9 Å². The predicted octanol–water partition coefficient (Wildman–Crippen LogP) is 4.24. The van der Waals surface area contributed by atoms with Gasteiger partial charge < -0.3 is 19.9 Å². The second-order valence-corrected chi connectivity index (χ2v) is 6.71. The van der Waals surface area contributed by atoms with Crippen molar-refractivity contribution in [3.63, 3.8) is 0 Å². The van der Waals surface area contributed by atoms with Gasteiger partial charge in [-0.3, -0.25) is 0 Å². The van der Waals surface area contributed by atoms with E-state index >= 15 is 0 Å². The van der Waals surface area contributed by atoms with E-state index in [1.807, 2.05) is 12.1 Å². The number of benzene rings is 1. The molecule has 0 fully saturated rings. The van der Waals surface area contributed by atoms with Crippen molar-refractivity contribution in [1.29, 1.82) is 0 Å². The van der Waals surface area contributed by atoms with Crippen LogP contribution in [0.2, 0.25) is 4.34 Å². The third-order valence-corrected chi connectivity index (χ3v) is 5.60. The monoisotopic (exact) mass is 391 g/mol. The molecule has 7 heteroatoms. The van der Waals surface area contributed by atoms with Gasteiger partial charge in [-0.1, -0.05) is 11.6 Å². The summed E-state index contributed by atoms with van der Waals surface area (Å²) in [5.41, 5.74) is 7.15. The lowest BCUT2D eigenvalue weighted by atomic mass is 10.0. The summed E-state index contributed by atoms with van der Waals surface area (Å²) in [6, 6.07) is 5.22. The van der Waals surface area contributed by atoms with E-state index in [9.17, 15) is 0 Å². The SMILES string of the molecule is COc1ccc(C(N)c2cc(Br)c(Cl)s2)c(OC)c1OC. The Balaban J connectivity index is 2.52. The average molecular weight is 393 g/mol. The van der Waals surface area contributed by atoms with Crippen LogP contribution in [0, 0.1) is 0 Å². The molecule has 1 unspecified atom stereocenters. The normalized spacial score (nSPS) is 12.1. The van der Waals surface area contributed by atoms with Crippen LogP contribution in [0.3, 0.4) is 0 Å². The second kappa shape index (κ2) is 6.87. The van der Waals surface area contributed by atoms with E-state index in [-0.39, 0.29) is 6.04 Å². The van der Waals surface area contributed by atoms with Crippen molar-refractivity contribution in [2.45, 2.75) is 6.04 Å². The fourth-order valence-corrected chi connectivity index (χ4v) is 3.80. The lowest BCUT2D eigenvalue weighted by Gasteiger charge is -2.19. The molecule has 0 aliphatic heterocycles. The summed E-state index contributed by atoms with van der Waals surface area (Å²) in [5, 5.41) is 0. The quantitative estimate of drug-likeness (QED) is 0.827. The molecule has 0 saturated carbocycles. The van der Waals surface area contributed by atoms with Crippen molar-refractivity contribution in [3.8, 4) is 17.2 Å². The zero-order chi connectivity index (χ0) is 15.6. The Hall–Kier alpha value is -0.950. The third kappa shape index (κ3) is 3.13. The first-order valence-electron chi connectivity index (χ1n) is 6.02. The highest BCUT2D eigenvalue weighted by molar-refractivity contribution is 9.10. The summed E-state index contributed by atoms with van der Waals surface area (Å²) < 4.78 is 17.6. The first-order chi connectivity index (χ1) is 10.0. The molecule has 0 amide bonds. The van der Waals surface area contributed by atoms with Crippen LogP contribution in [0.1, 0.15) is 16.5 Å². The zero-order valence-electron chi connectivity index (χ0n) is 11.8. The van der Waals surface area contributed by atoms with E-state index in [4.69, 9.17) is 31.5 Å². The molecule has 0 spiro atoms. The minimum absolute atomic E-state index is 0.367. The Morgan fingerprint density at radius 1 is 1.14 bits per heavy atom. The Kier molecular flexibility index (Phi) is 5.37. The fraction of sp³-hybridized carbons (Fsp3) is 0.286. The van der Waals surface area contributed by atoms with Crippen molar-refractivity contribution in [3.05, 3.63) is 37.4 Å². The summed E-state index contributed by atoms with van der Waals surface area (Å²) in [4.78, 5) is 0.928. The molecule has 0 aliphatic carbocycles. The average Bonchev–Trinajstić information content (AvgIpc) is 2.84. The van der Waals surface area contributed by atoms with Gasteiger partial charge in [-0.05, 0) is 34.1 Å². The molecule has 2 rings (SSSR count). The highest BCUT2D eigenvalue weighted by atomic mass is 79.9. The number of ether oxygens (including phenoxy) is 3. The standard InChI is InChI=1S/C14H15BrClNO3S/c1-18-9-5-4-7(12(19-2)13(9)20-3)11(17)10-6-8(15)14(16)21-10/h4-6,11H,17H2,1-3H3. The van der Waals surface area contributed by atoms with Gasteiger partial charge in [-0.25, -0.2) is 0 Å². The third-order valence-electron chi connectivity index (χ3n) is 3.04. The molecule has 1 aromatic carbocycles. The summed E-state index contributed by atoms with van der Waals surface area (Å²) >= 11 is 10.9. The van der Waals surface area contributed by atoms with Gasteiger partial charge in [0.05, 0.1) is 27.4 Å². The largest absolute Gasteiger partial charge is 0.493 e. The van der Waals surface area contributed by atoms with Crippen LogP contribution in [0.5, 0.6) is 17.2 Å². The van der Waals surface area contributed by atoms with E-state index in [1.165, 1.54) is 11.3 Å². The molecule has 114 valence electrons. The van der Waals surface area contributed by atoms with Gasteiger partial charge in [0.1, 0.15) is 4.34 Å². The Bertz CT molecular complexity index is 628. The maximum atomic E-state index is 6.34. The number of nitrogens with two attached hydrogens (primary N) is 1. The van der Waals surface area contributed by atoms with E-state index in [0.29, 0.717) is 21.6 Å². The number of rotatable bonds is 5. The van der Waals surface area contributed by atoms with Gasteiger partial charge >= 0.3 is 0 Å². The van der Waals surface area contributed by atoms with Gasteiger partial charge in [0.15, 0.2) is 11.5 Å². The molecule has 1 aromatic heterocycles. The number of thiophene rings is 1. The number of hydrogen-bond donors (Lipinski definition) is 1. The first kappa shape index (κ1) is 16.4. The zero-order valence-corrected chi connectivity index (χ0v) is 14.9. The minimum atomic E-state index is -0.367. The van der Waals surface area contributed by atoms with Gasteiger partial charge in [-0.15, -0.1) is 11.3 Å². The molecule has 0 radical (unpaired) electrons. The summed E-state index contributed by atoms with van der Waals surface area (Å²) in [7, 11) is 4.71. The first-order valence-corrected chi connectivity index (χ1v) is 8.01. The maximum Gasteiger partial charge on any atom is 0.203 e. The van der Waals surface area contributed by atoms with E-state index < -0.39 is 0 Å². The highest BCUT2D eigenvalue weighted by Gasteiger charge is 2.22. The Morgan fingerprint density at radius 3 is 2.29 bits per heavy atom. The van der Waals surface area contributed by atoms with E-state index in [0.717, 1.165) is 14.9 Å². The summed E-state index contributed by atoms with van der Waals surface area (Å²) in [5.74, 6) is 1.68. The van der Waals surface area contributed by atoms with Crippen LogP contribution in [0.15, 0.2) is 22.7 Å². The topological polar surface area (TPSA) is 53.7 Å². The molecule has 2 N–H and O–H groups in total. The van der Waals surface area contributed by atoms with Gasteiger partial charge in [0, 0.05) is 14.9 Å². The van der Waals surface area contributed by atoms with Crippen LogP contribution in [0.25, 0.3) is 0 Å². The minimum Gasteiger partial charge on any atom is -0.493 e. The highest BCUT2D eigenvalue weighted by Crippen LogP contribution is 2.44. The Labute approximate surface area is 140 Å². The van der Waals surface area contributed by atoms with Crippen LogP contribution in [-0.4, -0.2) is 21.3 Å². The molecular formula is C14H15BrClNO3S. The predicted molar refractivity (Wildman–Crippen MR) is 89.2 cm³/mol. The van der Waals surface area contributed by atoms with Crippen LogP contribution in [0.4, 0.5) is 0 Å².